The van der Waals surface area contributed by atoms with Crippen LogP contribution in [0.3, 0.4) is 0 Å². The summed E-state index contributed by atoms with van der Waals surface area (Å²) in [5.41, 5.74) is 18.7. The highest BCUT2D eigenvalue weighted by Crippen LogP contribution is 2.20. The summed E-state index contributed by atoms with van der Waals surface area (Å²) in [6.45, 7) is 2.74. The lowest BCUT2D eigenvalue weighted by Gasteiger charge is -2.27. The van der Waals surface area contributed by atoms with Crippen LogP contribution in [0.1, 0.15) is 37.8 Å². The van der Waals surface area contributed by atoms with Crippen LogP contribution in [-0.2, 0) is 36.8 Å². The van der Waals surface area contributed by atoms with Crippen LogP contribution in [0.4, 0.5) is 0 Å². The molecular formula is C34H47N9O7. The number of amides is 4. The third-order valence-electron chi connectivity index (χ3n) is 8.00. The molecule has 0 saturated heterocycles. The average Bonchev–Trinajstić information content (AvgIpc) is 3.49. The lowest BCUT2D eigenvalue weighted by molar-refractivity contribution is -0.143. The van der Waals surface area contributed by atoms with Gasteiger partial charge in [0.15, 0.2) is 5.96 Å². The van der Waals surface area contributed by atoms with E-state index in [-0.39, 0.29) is 31.8 Å². The maximum atomic E-state index is 14.0. The number of benzene rings is 2. The van der Waals surface area contributed by atoms with Crippen molar-refractivity contribution in [1.82, 2.24) is 26.3 Å². The highest BCUT2D eigenvalue weighted by atomic mass is 16.4. The summed E-state index contributed by atoms with van der Waals surface area (Å²) in [6.07, 6.45) is 2.27. The topological polar surface area (TPSA) is 280 Å². The van der Waals surface area contributed by atoms with Crippen LogP contribution < -0.4 is 38.5 Å². The molecule has 2 aromatic carbocycles. The molecule has 0 fully saturated rings. The number of hydrogen-bond donors (Lipinski definition) is 10. The van der Waals surface area contributed by atoms with Gasteiger partial charge in [-0.2, -0.15) is 0 Å². The summed E-state index contributed by atoms with van der Waals surface area (Å²) < 4.78 is 0. The molecule has 16 heteroatoms. The Morgan fingerprint density at radius 1 is 0.800 bits per heavy atom. The standard InChI is InChI=1S/C34H47N9O7/c1-19(2)28(33(49)50)43-31(47)26(16-21-17-39-24-13-7-6-11-22(21)24)41-30(46)25(15-20-9-4-3-5-10-20)40-32(48)27(18-44)42-29(45)23(35)12-8-14-38-34(36)37/h3-7,9-11,13,17,19,23,25-28,39,44H,8,12,14-16,18,35H2,1-2H3,(H,40,48)(H,41,46)(H,42,45)(H,43,47)(H,49,50)(H4,36,37,38)/t23-,25-,26-,27-,28-/m0/s1. The quantitative estimate of drug-likeness (QED) is 0.0416. The molecule has 0 aliphatic heterocycles. The minimum Gasteiger partial charge on any atom is -0.480 e. The number of nitrogens with one attached hydrogen (secondary N) is 5. The molecule has 3 aromatic rings. The molecule has 5 atom stereocenters. The molecule has 0 aliphatic carbocycles. The van der Waals surface area contributed by atoms with Crippen molar-refractivity contribution < 1.29 is 34.2 Å². The number of para-hydroxylation sites is 1. The zero-order chi connectivity index (χ0) is 36.8. The van der Waals surface area contributed by atoms with E-state index < -0.39 is 72.3 Å². The first-order chi connectivity index (χ1) is 23.8. The lowest BCUT2D eigenvalue weighted by atomic mass is 10.00. The maximum Gasteiger partial charge on any atom is 0.326 e. The van der Waals surface area contributed by atoms with E-state index in [0.29, 0.717) is 17.5 Å². The second-order valence-electron chi connectivity index (χ2n) is 12.2. The first-order valence-electron chi connectivity index (χ1n) is 16.3. The number of guanidine groups is 1. The van der Waals surface area contributed by atoms with Crippen LogP contribution in [0.25, 0.3) is 10.9 Å². The molecule has 3 rings (SSSR count). The summed E-state index contributed by atoms with van der Waals surface area (Å²) in [7, 11) is 0. The normalized spacial score (nSPS) is 14.1. The SMILES string of the molecule is CC(C)[C@H](NC(=O)[C@H](Cc1c[nH]c2ccccc12)NC(=O)[C@H](Cc1ccccc1)NC(=O)[C@H](CO)NC(=O)[C@@H](N)CCCN=C(N)N)C(=O)O. The highest BCUT2D eigenvalue weighted by molar-refractivity contribution is 5.96. The van der Waals surface area contributed by atoms with Crippen LogP contribution in [0.2, 0.25) is 0 Å². The second kappa shape index (κ2) is 18.9. The van der Waals surface area contributed by atoms with Crippen LogP contribution in [-0.4, -0.2) is 94.1 Å². The molecule has 0 spiro atoms. The average molecular weight is 694 g/mol. The number of nitrogens with two attached hydrogens (primary N) is 3. The van der Waals surface area contributed by atoms with Gasteiger partial charge < -0.3 is 53.7 Å². The molecule has 0 bridgehead atoms. The third kappa shape index (κ3) is 11.6. The van der Waals surface area contributed by atoms with E-state index in [1.54, 1.807) is 50.4 Å². The van der Waals surface area contributed by atoms with Crippen molar-refractivity contribution >= 4 is 46.5 Å². The van der Waals surface area contributed by atoms with Gasteiger partial charge in [-0.1, -0.05) is 62.4 Å². The third-order valence-corrected chi connectivity index (χ3v) is 8.00. The minimum absolute atomic E-state index is 0.00554. The fourth-order valence-corrected chi connectivity index (χ4v) is 5.22. The molecular weight excluding hydrogens is 646 g/mol. The van der Waals surface area contributed by atoms with Crippen molar-refractivity contribution in [3.8, 4) is 0 Å². The van der Waals surface area contributed by atoms with E-state index in [4.69, 9.17) is 17.2 Å². The van der Waals surface area contributed by atoms with Gasteiger partial charge in [0.2, 0.25) is 23.6 Å². The van der Waals surface area contributed by atoms with E-state index in [1.165, 1.54) is 0 Å². The number of carboxylic acid groups (broad SMARTS) is 1. The Labute approximate surface area is 289 Å². The van der Waals surface area contributed by atoms with E-state index >= 15 is 0 Å². The molecule has 0 unspecified atom stereocenters. The second-order valence-corrected chi connectivity index (χ2v) is 12.2. The Morgan fingerprint density at radius 2 is 1.38 bits per heavy atom. The summed E-state index contributed by atoms with van der Waals surface area (Å²) in [5, 5.41) is 30.8. The van der Waals surface area contributed by atoms with Gasteiger partial charge in [0.05, 0.1) is 12.6 Å². The van der Waals surface area contributed by atoms with Gasteiger partial charge in [0.25, 0.3) is 0 Å². The molecule has 1 heterocycles. The first kappa shape index (κ1) is 39.0. The van der Waals surface area contributed by atoms with Crippen LogP contribution in [0, 0.1) is 5.92 Å². The number of rotatable bonds is 19. The molecule has 270 valence electrons. The number of aliphatic hydroxyl groups is 1. The van der Waals surface area contributed by atoms with Crippen LogP contribution in [0.15, 0.2) is 65.8 Å². The number of hydrogen-bond acceptors (Lipinski definition) is 8. The fraction of sp³-hybridized carbons (Fsp3) is 0.412. The van der Waals surface area contributed by atoms with Gasteiger partial charge in [-0.05, 0) is 36.0 Å². The Balaban J connectivity index is 1.84. The lowest BCUT2D eigenvalue weighted by Crippen LogP contribution is -2.60. The number of aromatic nitrogens is 1. The van der Waals surface area contributed by atoms with Crippen LogP contribution >= 0.6 is 0 Å². The summed E-state index contributed by atoms with van der Waals surface area (Å²) >= 11 is 0. The number of carbonyl (C=O) groups excluding carboxylic acids is 4. The molecule has 16 nitrogen and oxygen atoms in total. The number of aliphatic carboxylic acids is 1. The molecule has 0 aliphatic rings. The summed E-state index contributed by atoms with van der Waals surface area (Å²) in [5.74, 6) is -4.84. The Bertz CT molecular complexity index is 1640. The largest absolute Gasteiger partial charge is 0.480 e. The van der Waals surface area contributed by atoms with E-state index in [9.17, 15) is 34.2 Å². The zero-order valence-electron chi connectivity index (χ0n) is 28.1. The van der Waals surface area contributed by atoms with E-state index in [1.807, 2.05) is 24.3 Å². The van der Waals surface area contributed by atoms with Crippen molar-refractivity contribution in [2.45, 2.75) is 69.7 Å². The van der Waals surface area contributed by atoms with Gasteiger partial charge in [-0.15, -0.1) is 0 Å². The van der Waals surface area contributed by atoms with E-state index in [2.05, 4.69) is 31.2 Å². The predicted octanol–water partition coefficient (Wildman–Crippen LogP) is -0.994. The number of aliphatic hydroxyl groups excluding tert-OH is 1. The molecule has 13 N–H and O–H groups in total. The number of carbonyl (C=O) groups is 5. The molecule has 0 saturated carbocycles. The van der Waals surface area contributed by atoms with Gasteiger partial charge in [0.1, 0.15) is 24.2 Å². The summed E-state index contributed by atoms with van der Waals surface area (Å²) in [4.78, 5) is 72.6. The van der Waals surface area contributed by atoms with Crippen molar-refractivity contribution in [2.75, 3.05) is 13.2 Å². The predicted molar refractivity (Wildman–Crippen MR) is 187 cm³/mol. The van der Waals surface area contributed by atoms with E-state index in [0.717, 1.165) is 10.9 Å². The number of carboxylic acids is 1. The Hall–Kier alpha value is -5.48. The van der Waals surface area contributed by atoms with Gasteiger partial charge in [0, 0.05) is 36.5 Å². The number of fused-ring (bicyclic) bond motifs is 1. The zero-order valence-corrected chi connectivity index (χ0v) is 28.1. The number of H-pyrrole nitrogens is 1. The fourth-order valence-electron chi connectivity index (χ4n) is 5.22. The van der Waals surface area contributed by atoms with Gasteiger partial charge in [-0.3, -0.25) is 24.2 Å². The van der Waals surface area contributed by atoms with Crippen LogP contribution in [0.5, 0.6) is 0 Å². The number of aliphatic imine (C=N–C) groups is 1. The Kier molecular flexibility index (Phi) is 14.7. The first-order valence-corrected chi connectivity index (χ1v) is 16.3. The summed E-state index contributed by atoms with van der Waals surface area (Å²) in [6, 6.07) is 9.92. The minimum atomic E-state index is -1.45. The number of aromatic amines is 1. The molecule has 1 aromatic heterocycles. The van der Waals surface area contributed by atoms with Crippen molar-refractivity contribution in [3.05, 3.63) is 71.9 Å². The van der Waals surface area contributed by atoms with Crippen molar-refractivity contribution in [3.63, 3.8) is 0 Å². The van der Waals surface area contributed by atoms with Gasteiger partial charge >= 0.3 is 5.97 Å². The highest BCUT2D eigenvalue weighted by Gasteiger charge is 2.33. The molecule has 4 amide bonds. The smallest absolute Gasteiger partial charge is 0.326 e. The maximum absolute atomic E-state index is 14.0. The number of nitrogens with zero attached hydrogens (tertiary/aromatic N) is 1. The molecule has 50 heavy (non-hydrogen) atoms. The van der Waals surface area contributed by atoms with Crippen molar-refractivity contribution in [1.29, 1.82) is 0 Å². The Morgan fingerprint density at radius 3 is 2.00 bits per heavy atom. The molecule has 0 radical (unpaired) electrons. The van der Waals surface area contributed by atoms with Gasteiger partial charge in [-0.25, -0.2) is 4.79 Å². The van der Waals surface area contributed by atoms with Crippen molar-refractivity contribution in [2.24, 2.45) is 28.1 Å². The monoisotopic (exact) mass is 693 g/mol.